The van der Waals surface area contributed by atoms with E-state index in [-0.39, 0.29) is 25.6 Å². The first-order valence-electron chi connectivity index (χ1n) is 13.6. The Balaban J connectivity index is 1.43. The second kappa shape index (κ2) is 15.7. The summed E-state index contributed by atoms with van der Waals surface area (Å²) in [6.45, 7) is -2.69. The van der Waals surface area contributed by atoms with Crippen LogP contribution in [-0.2, 0) is 41.4 Å². The monoisotopic (exact) mass is 719 g/mol. The van der Waals surface area contributed by atoms with E-state index in [9.17, 15) is 47.9 Å². The minimum absolute atomic E-state index is 0.0582. The van der Waals surface area contributed by atoms with Gasteiger partial charge in [0.2, 0.25) is 5.82 Å². The van der Waals surface area contributed by atoms with Gasteiger partial charge in [-0.2, -0.15) is 9.37 Å². The van der Waals surface area contributed by atoms with Crippen LogP contribution in [0.3, 0.4) is 0 Å². The molecule has 2 aromatic rings. The maximum atomic E-state index is 14.0. The van der Waals surface area contributed by atoms with Gasteiger partial charge in [0.25, 0.3) is 5.56 Å². The van der Waals surface area contributed by atoms with Crippen LogP contribution in [0, 0.1) is 5.82 Å². The molecule has 25 heteroatoms. The number of nitrogens with zero attached hydrogens (tertiary/aromatic N) is 3. The second-order valence-electron chi connectivity index (χ2n) is 9.94. The number of phosphoric acid groups is 2. The van der Waals surface area contributed by atoms with Gasteiger partial charge < -0.3 is 45.1 Å². The van der Waals surface area contributed by atoms with Gasteiger partial charge in [0.05, 0.1) is 45.8 Å². The minimum atomic E-state index is -5.15. The van der Waals surface area contributed by atoms with Gasteiger partial charge in [-0.1, -0.05) is 0 Å². The van der Waals surface area contributed by atoms with Crippen molar-refractivity contribution in [3.63, 3.8) is 0 Å². The summed E-state index contributed by atoms with van der Waals surface area (Å²) in [5.74, 6) is -1.49. The third kappa shape index (κ3) is 9.68. The highest BCUT2D eigenvalue weighted by Gasteiger charge is 2.47. The number of nitrogen functional groups attached to an aromatic ring is 1. The fourth-order valence-corrected chi connectivity index (χ4v) is 6.15. The lowest BCUT2D eigenvalue weighted by atomic mass is 10.1. The molecule has 4 unspecified atom stereocenters. The number of nitrogens with one attached hydrogen (secondary N) is 1. The fourth-order valence-electron chi connectivity index (χ4n) is 4.48. The van der Waals surface area contributed by atoms with Gasteiger partial charge in [-0.25, -0.2) is 18.7 Å². The molecule has 4 rings (SSSR count). The van der Waals surface area contributed by atoms with E-state index in [2.05, 4.69) is 4.98 Å². The number of aliphatic hydroxyl groups is 3. The van der Waals surface area contributed by atoms with E-state index < -0.39 is 108 Å². The third-order valence-electron chi connectivity index (χ3n) is 6.67. The standard InChI is InChI=1S/C22H32FN5O17P2/c23-11-8-28(22(34)26-19(11)32)16-7-12(13(43-16)9-41-46(35,36)40-6-5-39-4-3-29)45-47(37,38)42-10-14-17(30)18(31)20(44-14)27-2-1-15(24)25-21(27)33/h1-2,8,12-14,16-18,20,29-31H,3-7,9-10H2,(H,35,36)(H,37,38)(H2,24,25,33)(H,26,32,34)/t12?,13-,14-,16-,17?,18-,20-/m1/s1. The van der Waals surface area contributed by atoms with Crippen LogP contribution in [0.25, 0.3) is 0 Å². The Morgan fingerprint density at radius 3 is 2.40 bits per heavy atom. The van der Waals surface area contributed by atoms with Crippen molar-refractivity contribution in [3.05, 3.63) is 55.6 Å². The fraction of sp³-hybridized carbons (Fsp3) is 0.636. The number of H-pyrrole nitrogens is 1. The molecule has 0 spiro atoms. The lowest BCUT2D eigenvalue weighted by Gasteiger charge is -2.23. The highest BCUT2D eigenvalue weighted by molar-refractivity contribution is 7.47. The van der Waals surface area contributed by atoms with E-state index >= 15 is 0 Å². The Morgan fingerprint density at radius 2 is 1.70 bits per heavy atom. The van der Waals surface area contributed by atoms with Crippen molar-refractivity contribution in [2.45, 2.75) is 49.4 Å². The molecule has 8 N–H and O–H groups in total. The molecule has 22 nitrogen and oxygen atoms in total. The minimum Gasteiger partial charge on any atom is -0.394 e. The van der Waals surface area contributed by atoms with E-state index in [0.29, 0.717) is 10.8 Å². The Kier molecular flexibility index (Phi) is 12.4. The summed E-state index contributed by atoms with van der Waals surface area (Å²) in [6.07, 6.45) is -9.73. The van der Waals surface area contributed by atoms with Crippen LogP contribution in [0.5, 0.6) is 0 Å². The Hall–Kier alpha value is -2.73. The number of aromatic nitrogens is 4. The van der Waals surface area contributed by atoms with Crippen molar-refractivity contribution in [2.75, 3.05) is 45.4 Å². The molecule has 2 saturated heterocycles. The smallest absolute Gasteiger partial charge is 0.394 e. The molecule has 0 bridgehead atoms. The number of nitrogens with two attached hydrogens (primary N) is 1. The van der Waals surface area contributed by atoms with E-state index in [4.69, 9.17) is 43.1 Å². The maximum absolute atomic E-state index is 14.0. The van der Waals surface area contributed by atoms with Crippen LogP contribution < -0.4 is 22.7 Å². The predicted octanol–water partition coefficient (Wildman–Crippen LogP) is -2.93. The molecule has 2 fully saturated rings. The summed E-state index contributed by atoms with van der Waals surface area (Å²) in [6, 6.07) is 1.23. The third-order valence-corrected chi connectivity index (χ3v) is 8.66. The van der Waals surface area contributed by atoms with Crippen LogP contribution in [0.2, 0.25) is 0 Å². The number of halogens is 1. The maximum Gasteiger partial charge on any atom is 0.472 e. The number of hydrogen-bond donors (Lipinski definition) is 7. The normalized spacial score (nSPS) is 28.7. The van der Waals surface area contributed by atoms with Crippen molar-refractivity contribution in [2.24, 2.45) is 0 Å². The van der Waals surface area contributed by atoms with Gasteiger partial charge in [-0.15, -0.1) is 0 Å². The number of anilines is 1. The molecular formula is C22H32FN5O17P2. The molecule has 264 valence electrons. The van der Waals surface area contributed by atoms with Crippen molar-refractivity contribution >= 4 is 21.5 Å². The van der Waals surface area contributed by atoms with Gasteiger partial charge in [0, 0.05) is 12.6 Å². The zero-order valence-corrected chi connectivity index (χ0v) is 25.8. The molecule has 9 atom stereocenters. The van der Waals surface area contributed by atoms with Gasteiger partial charge in [-0.3, -0.25) is 37.0 Å². The quantitative estimate of drug-likeness (QED) is 0.0674. The van der Waals surface area contributed by atoms with Crippen molar-refractivity contribution in [1.82, 2.24) is 19.1 Å². The van der Waals surface area contributed by atoms with E-state index in [1.165, 1.54) is 6.07 Å². The van der Waals surface area contributed by atoms with Crippen molar-refractivity contribution < 1.29 is 70.9 Å². The average Bonchev–Trinajstić information content (AvgIpc) is 3.51. The zero-order valence-electron chi connectivity index (χ0n) is 24.0. The molecule has 2 aromatic heterocycles. The largest absolute Gasteiger partial charge is 0.472 e. The summed E-state index contributed by atoms with van der Waals surface area (Å²) in [4.78, 5) is 61.5. The Labute approximate surface area is 262 Å². The van der Waals surface area contributed by atoms with Crippen LogP contribution in [0.1, 0.15) is 18.9 Å². The molecule has 0 amide bonds. The number of rotatable bonds is 16. The van der Waals surface area contributed by atoms with Crippen LogP contribution >= 0.6 is 15.6 Å². The lowest BCUT2D eigenvalue weighted by Crippen LogP contribution is -2.36. The summed E-state index contributed by atoms with van der Waals surface area (Å²) >= 11 is 0. The van der Waals surface area contributed by atoms with Gasteiger partial charge in [-0.05, 0) is 6.07 Å². The molecule has 47 heavy (non-hydrogen) atoms. The molecule has 0 radical (unpaired) electrons. The van der Waals surface area contributed by atoms with E-state index in [1.807, 2.05) is 0 Å². The molecule has 2 aliphatic heterocycles. The summed E-state index contributed by atoms with van der Waals surface area (Å²) < 4.78 is 76.3. The van der Waals surface area contributed by atoms with Gasteiger partial charge >= 0.3 is 27.0 Å². The molecule has 2 aliphatic rings. The van der Waals surface area contributed by atoms with Gasteiger partial charge in [0.1, 0.15) is 42.6 Å². The van der Waals surface area contributed by atoms with Crippen molar-refractivity contribution in [3.8, 4) is 0 Å². The summed E-state index contributed by atoms with van der Waals surface area (Å²) in [7, 11) is -9.94. The predicted molar refractivity (Wildman–Crippen MR) is 149 cm³/mol. The molecule has 0 aromatic carbocycles. The zero-order chi connectivity index (χ0) is 34.5. The average molecular weight is 719 g/mol. The number of aliphatic hydroxyl groups excluding tert-OH is 3. The first-order chi connectivity index (χ1) is 22.1. The number of hydrogen-bond acceptors (Lipinski definition) is 17. The first-order valence-corrected chi connectivity index (χ1v) is 16.6. The molecule has 4 heterocycles. The summed E-state index contributed by atoms with van der Waals surface area (Å²) in [5.41, 5.74) is 2.07. The first kappa shape index (κ1) is 37.1. The SMILES string of the molecule is Nc1ccn([C@@H]2O[C@H](COP(=O)(O)OC3C[C@H](n4cc(F)c(=O)[nH]c4=O)O[C@@H]3COP(=O)(O)OCCOCCO)C(O)[C@H]2O)c(=O)n1. The lowest BCUT2D eigenvalue weighted by molar-refractivity contribution is -0.0616. The highest BCUT2D eigenvalue weighted by Crippen LogP contribution is 2.50. The number of aromatic amines is 1. The Bertz CT molecular complexity index is 1660. The van der Waals surface area contributed by atoms with Crippen molar-refractivity contribution in [1.29, 1.82) is 0 Å². The van der Waals surface area contributed by atoms with Gasteiger partial charge in [0.15, 0.2) is 6.23 Å². The number of phosphoric ester groups is 2. The van der Waals surface area contributed by atoms with E-state index in [0.717, 1.165) is 10.8 Å². The second-order valence-corrected chi connectivity index (χ2v) is 12.8. The molecular weight excluding hydrogens is 687 g/mol. The summed E-state index contributed by atoms with van der Waals surface area (Å²) in [5, 5.41) is 29.5. The topological polar surface area (TPSA) is 316 Å². The van der Waals surface area contributed by atoms with E-state index in [1.54, 1.807) is 4.98 Å². The molecule has 0 saturated carbocycles. The van der Waals surface area contributed by atoms with Crippen LogP contribution in [0.15, 0.2) is 32.8 Å². The Morgan fingerprint density at radius 1 is 1.00 bits per heavy atom. The van der Waals surface area contributed by atoms with Crippen LogP contribution in [0.4, 0.5) is 10.2 Å². The number of ether oxygens (including phenoxy) is 3. The van der Waals surface area contributed by atoms with Crippen LogP contribution in [-0.4, -0.2) is 114 Å². The molecule has 0 aliphatic carbocycles. The highest BCUT2D eigenvalue weighted by atomic mass is 31.2.